The van der Waals surface area contributed by atoms with Crippen LogP contribution in [0.5, 0.6) is 0 Å². The second kappa shape index (κ2) is 4.48. The highest BCUT2D eigenvalue weighted by Gasteiger charge is 2.09. The van der Waals surface area contributed by atoms with E-state index in [1.165, 1.54) is 11.7 Å². The summed E-state index contributed by atoms with van der Waals surface area (Å²) in [5.74, 6) is 0. The van der Waals surface area contributed by atoms with Gasteiger partial charge in [-0.05, 0) is 8.58 Å². The van der Waals surface area contributed by atoms with Gasteiger partial charge in [0.15, 0.2) is 0 Å². The van der Waals surface area contributed by atoms with Gasteiger partial charge in [-0.15, -0.1) is 0 Å². The molecule has 60 valence electrons. The number of hydrogen-bond donors (Lipinski definition) is 1. The summed E-state index contributed by atoms with van der Waals surface area (Å²) in [6, 6.07) is 11.0. The predicted molar refractivity (Wildman–Crippen MR) is 52.6 cm³/mol. The number of quaternary nitrogens is 1. The highest BCUT2D eigenvalue weighted by atomic mass is 31.1. The van der Waals surface area contributed by atoms with Crippen molar-refractivity contribution in [3.05, 3.63) is 35.9 Å². The first-order chi connectivity index (χ1) is 5.34. The van der Waals surface area contributed by atoms with Crippen LogP contribution in [0.1, 0.15) is 11.6 Å². The lowest BCUT2D eigenvalue weighted by molar-refractivity contribution is -0.418. The van der Waals surface area contributed by atoms with Gasteiger partial charge >= 0.3 is 0 Å². The Labute approximate surface area is 69.8 Å². The Morgan fingerprint density at radius 2 is 2.00 bits per heavy atom. The van der Waals surface area contributed by atoms with Gasteiger partial charge in [0, 0.05) is 12.2 Å². The molecule has 0 amide bonds. The molecule has 0 fully saturated rings. The maximum atomic E-state index is 4.12. The predicted octanol–water partition coefficient (Wildman–Crippen LogP) is 1.01. The molecule has 1 aromatic carbocycles. The van der Waals surface area contributed by atoms with E-state index in [-0.39, 0.29) is 0 Å². The first kappa shape index (κ1) is 8.70. The van der Waals surface area contributed by atoms with Crippen LogP contribution in [0, 0.1) is 0 Å². The fourth-order valence-corrected chi connectivity index (χ4v) is 1.99. The quantitative estimate of drug-likeness (QED) is 0.654. The molecule has 1 nitrogen and oxygen atoms in total. The molecule has 0 aliphatic carbocycles. The zero-order valence-corrected chi connectivity index (χ0v) is 8.11. The summed E-state index contributed by atoms with van der Waals surface area (Å²) in [6.45, 7) is 2.28. The maximum Gasteiger partial charge on any atom is 0.144 e. The van der Waals surface area contributed by atoms with Gasteiger partial charge in [0.05, 0.1) is 0 Å². The van der Waals surface area contributed by atoms with Crippen molar-refractivity contribution in [2.24, 2.45) is 0 Å². The molecule has 3 N–H and O–H groups in total. The molecule has 2 heteroatoms. The van der Waals surface area contributed by atoms with Gasteiger partial charge in [0.25, 0.3) is 0 Å². The minimum Gasteiger partial charge on any atom is -0.348 e. The zero-order valence-electron chi connectivity index (χ0n) is 6.96. The van der Waals surface area contributed by atoms with Gasteiger partial charge < -0.3 is 5.73 Å². The molecule has 1 aromatic rings. The van der Waals surface area contributed by atoms with E-state index in [1.807, 2.05) is 0 Å². The Kier molecular flexibility index (Phi) is 3.55. The minimum atomic E-state index is 0.510. The summed E-state index contributed by atoms with van der Waals surface area (Å²) in [5.41, 5.74) is 5.50. The third kappa shape index (κ3) is 2.61. The van der Waals surface area contributed by atoms with Crippen molar-refractivity contribution < 1.29 is 5.73 Å². The van der Waals surface area contributed by atoms with Gasteiger partial charge in [0.2, 0.25) is 0 Å². The molecular weight excluding hydrogens is 153 g/mol. The van der Waals surface area contributed by atoms with E-state index >= 15 is 0 Å². The zero-order chi connectivity index (χ0) is 8.10. The van der Waals surface area contributed by atoms with E-state index < -0.39 is 0 Å². The molecule has 0 aliphatic heterocycles. The molecule has 0 saturated carbocycles. The molecule has 0 bridgehead atoms. The SMILES string of the molecule is C[PH2+]CC([NH3+])c1ccccc1. The molecule has 0 aliphatic rings. The van der Waals surface area contributed by atoms with Gasteiger partial charge in [-0.1, -0.05) is 30.3 Å². The fourth-order valence-electron chi connectivity index (χ4n) is 1.15. The third-order valence-corrected chi connectivity index (χ3v) is 2.83. The van der Waals surface area contributed by atoms with E-state index in [0.717, 1.165) is 0 Å². The van der Waals surface area contributed by atoms with Crippen LogP contribution in [0.4, 0.5) is 0 Å². The van der Waals surface area contributed by atoms with Crippen molar-refractivity contribution in [3.63, 3.8) is 0 Å². The fraction of sp³-hybridized carbons (Fsp3) is 0.333. The van der Waals surface area contributed by atoms with E-state index in [4.69, 9.17) is 0 Å². The van der Waals surface area contributed by atoms with Gasteiger partial charge in [-0.2, -0.15) is 0 Å². The lowest BCUT2D eigenvalue weighted by Crippen LogP contribution is -2.54. The van der Waals surface area contributed by atoms with Crippen LogP contribution in [0.15, 0.2) is 30.3 Å². The van der Waals surface area contributed by atoms with Crippen LogP contribution in [0.25, 0.3) is 0 Å². The molecule has 2 atom stereocenters. The normalized spacial score (nSPS) is 14.0. The second-order valence-corrected chi connectivity index (χ2v) is 4.04. The summed E-state index contributed by atoms with van der Waals surface area (Å²) in [7, 11) is 0.581. The molecule has 0 heterocycles. The van der Waals surface area contributed by atoms with Crippen LogP contribution >= 0.6 is 8.58 Å². The second-order valence-electron chi connectivity index (χ2n) is 2.75. The van der Waals surface area contributed by atoms with Crippen LogP contribution < -0.4 is 5.73 Å². The largest absolute Gasteiger partial charge is 0.348 e. The van der Waals surface area contributed by atoms with Crippen molar-refractivity contribution in [1.29, 1.82) is 0 Å². The van der Waals surface area contributed by atoms with E-state index in [1.54, 1.807) is 0 Å². The number of hydrogen-bond acceptors (Lipinski definition) is 0. The molecular formula is C9H16NP+2. The van der Waals surface area contributed by atoms with E-state index in [0.29, 0.717) is 14.6 Å². The molecule has 11 heavy (non-hydrogen) atoms. The lowest BCUT2D eigenvalue weighted by Gasteiger charge is -2.02. The molecule has 0 saturated heterocycles. The van der Waals surface area contributed by atoms with Gasteiger partial charge in [-0.25, -0.2) is 0 Å². The highest BCUT2D eigenvalue weighted by molar-refractivity contribution is 7.37. The number of rotatable bonds is 3. The van der Waals surface area contributed by atoms with E-state index in [2.05, 4.69) is 42.7 Å². The van der Waals surface area contributed by atoms with Crippen molar-refractivity contribution in [2.75, 3.05) is 12.8 Å². The first-order valence-electron chi connectivity index (χ1n) is 4.00. The van der Waals surface area contributed by atoms with Crippen LogP contribution in [0.3, 0.4) is 0 Å². The summed E-state index contributed by atoms with van der Waals surface area (Å²) in [6.07, 6.45) is 1.27. The van der Waals surface area contributed by atoms with Crippen molar-refractivity contribution in [3.8, 4) is 0 Å². The monoisotopic (exact) mass is 169 g/mol. The molecule has 2 unspecified atom stereocenters. The average Bonchev–Trinajstić information content (AvgIpc) is 2.07. The van der Waals surface area contributed by atoms with Gasteiger partial charge in [-0.3, -0.25) is 0 Å². The molecule has 0 aromatic heterocycles. The van der Waals surface area contributed by atoms with Crippen LogP contribution in [-0.2, 0) is 0 Å². The Morgan fingerprint density at radius 1 is 1.36 bits per heavy atom. The topological polar surface area (TPSA) is 27.6 Å². The Morgan fingerprint density at radius 3 is 2.55 bits per heavy atom. The first-order valence-corrected chi connectivity index (χ1v) is 5.97. The van der Waals surface area contributed by atoms with Gasteiger partial charge in [0.1, 0.15) is 12.2 Å². The molecule has 0 radical (unpaired) electrons. The lowest BCUT2D eigenvalue weighted by atomic mass is 10.1. The smallest absolute Gasteiger partial charge is 0.144 e. The van der Waals surface area contributed by atoms with Crippen molar-refractivity contribution in [1.82, 2.24) is 0 Å². The summed E-state index contributed by atoms with van der Waals surface area (Å²) < 4.78 is 0. The summed E-state index contributed by atoms with van der Waals surface area (Å²) in [4.78, 5) is 0. The average molecular weight is 169 g/mol. The Hall–Kier alpha value is -0.390. The summed E-state index contributed by atoms with van der Waals surface area (Å²) >= 11 is 0. The molecule has 1 rings (SSSR count). The standard InChI is InChI=1S/C9H14NP/c1-11-7-9(10)8-5-3-2-4-6-8/h2-6,9,11H,7,10H2,1H3/p+2. The van der Waals surface area contributed by atoms with Crippen LogP contribution in [-0.4, -0.2) is 12.8 Å². The summed E-state index contributed by atoms with van der Waals surface area (Å²) in [5, 5.41) is 0. The highest BCUT2D eigenvalue weighted by Crippen LogP contribution is 2.14. The number of benzene rings is 1. The minimum absolute atomic E-state index is 0.510. The van der Waals surface area contributed by atoms with Crippen molar-refractivity contribution in [2.45, 2.75) is 6.04 Å². The Bertz CT molecular complexity index is 198. The molecule has 0 spiro atoms. The van der Waals surface area contributed by atoms with E-state index in [9.17, 15) is 0 Å². The van der Waals surface area contributed by atoms with Crippen molar-refractivity contribution >= 4 is 8.58 Å². The maximum absolute atomic E-state index is 4.12. The third-order valence-electron chi connectivity index (χ3n) is 1.79. The van der Waals surface area contributed by atoms with Crippen LogP contribution in [0.2, 0.25) is 0 Å². The Balaban J connectivity index is 2.61.